The summed E-state index contributed by atoms with van der Waals surface area (Å²) < 4.78 is 5.98. The Morgan fingerprint density at radius 1 is 1.09 bits per heavy atom. The van der Waals surface area contributed by atoms with E-state index in [2.05, 4.69) is 34.5 Å². The third-order valence-electron chi connectivity index (χ3n) is 9.44. The number of para-hydroxylation sites is 1. The molecule has 43 heavy (non-hydrogen) atoms. The minimum absolute atomic E-state index is 0.0825. The molecule has 1 fully saturated rings. The highest BCUT2D eigenvalue weighted by Crippen LogP contribution is 2.47. The Morgan fingerprint density at radius 2 is 1.84 bits per heavy atom. The van der Waals surface area contributed by atoms with Crippen LogP contribution in [-0.2, 0) is 12.0 Å². The second kappa shape index (κ2) is 10.4. The minimum Gasteiger partial charge on any atom is -0.492 e. The third-order valence-corrected chi connectivity index (χ3v) is 9.44. The van der Waals surface area contributed by atoms with Crippen molar-refractivity contribution in [3.8, 4) is 5.75 Å². The molecule has 2 aromatic rings. The molecule has 4 aliphatic rings. The van der Waals surface area contributed by atoms with Gasteiger partial charge in [0.15, 0.2) is 11.6 Å². The molecular weight excluding hydrogens is 552 g/mol. The number of hydrogen-bond acceptors (Lipinski definition) is 11. The van der Waals surface area contributed by atoms with E-state index in [1.807, 2.05) is 19.1 Å². The number of aliphatic hydroxyl groups excluding tert-OH is 1. The SMILES string of the molecule is CC1[C@@H](NC(=O)c2cccc3c2OCCC3(C)C)CN2C(N)=NC(CNC(=O)c3ccc(CO)cc3)C3N=C(N)N(O)C312. The number of guanidine groups is 2. The van der Waals surface area contributed by atoms with Crippen LogP contribution >= 0.6 is 0 Å². The van der Waals surface area contributed by atoms with Gasteiger partial charge in [0.25, 0.3) is 11.8 Å². The third kappa shape index (κ3) is 4.45. The molecule has 0 radical (unpaired) electrons. The number of hydrogen-bond donors (Lipinski definition) is 6. The van der Waals surface area contributed by atoms with E-state index in [0.29, 0.717) is 29.0 Å². The maximum atomic E-state index is 13.7. The van der Waals surface area contributed by atoms with Crippen LogP contribution in [0.5, 0.6) is 5.75 Å². The van der Waals surface area contributed by atoms with Crippen LogP contribution in [0, 0.1) is 5.92 Å². The van der Waals surface area contributed by atoms with E-state index in [0.717, 1.165) is 17.0 Å². The smallest absolute Gasteiger partial charge is 0.255 e. The summed E-state index contributed by atoms with van der Waals surface area (Å²) in [7, 11) is 0. The summed E-state index contributed by atoms with van der Waals surface area (Å²) in [4.78, 5) is 37.5. The number of rotatable bonds is 6. The van der Waals surface area contributed by atoms with Crippen molar-refractivity contribution in [2.75, 3.05) is 19.7 Å². The molecule has 4 heterocycles. The van der Waals surface area contributed by atoms with Gasteiger partial charge in [-0.05, 0) is 35.6 Å². The normalized spacial score (nSPS) is 28.6. The molecule has 4 unspecified atom stereocenters. The number of amides is 2. The number of fused-ring (bicyclic) bond motifs is 1. The van der Waals surface area contributed by atoms with Crippen LogP contribution < -0.4 is 26.8 Å². The lowest BCUT2D eigenvalue weighted by Crippen LogP contribution is -2.71. The summed E-state index contributed by atoms with van der Waals surface area (Å²) in [6.45, 7) is 6.94. The van der Waals surface area contributed by atoms with E-state index < -0.39 is 29.7 Å². The Balaban J connectivity index is 1.24. The van der Waals surface area contributed by atoms with Gasteiger partial charge in [0, 0.05) is 30.1 Å². The molecule has 5 atom stereocenters. The lowest BCUT2D eigenvalue weighted by molar-refractivity contribution is -0.166. The van der Waals surface area contributed by atoms with Gasteiger partial charge in [-0.2, -0.15) is 5.06 Å². The highest BCUT2D eigenvalue weighted by Gasteiger charge is 2.68. The van der Waals surface area contributed by atoms with Crippen molar-refractivity contribution in [2.45, 2.75) is 63.0 Å². The second-order valence-electron chi connectivity index (χ2n) is 12.3. The largest absolute Gasteiger partial charge is 0.492 e. The molecule has 13 heteroatoms. The molecule has 4 aliphatic heterocycles. The van der Waals surface area contributed by atoms with Crippen LogP contribution in [0.15, 0.2) is 52.4 Å². The topological polar surface area (TPSA) is 191 Å². The first-order valence-corrected chi connectivity index (χ1v) is 14.5. The van der Waals surface area contributed by atoms with E-state index >= 15 is 0 Å². The molecular formula is C30H38N8O5. The first-order valence-electron chi connectivity index (χ1n) is 14.5. The zero-order valence-electron chi connectivity index (χ0n) is 24.4. The number of nitrogens with two attached hydrogens (primary N) is 2. The van der Waals surface area contributed by atoms with Crippen molar-refractivity contribution in [3.05, 3.63) is 64.7 Å². The van der Waals surface area contributed by atoms with Gasteiger partial charge in [-0.1, -0.05) is 45.0 Å². The van der Waals surface area contributed by atoms with Crippen molar-refractivity contribution in [2.24, 2.45) is 27.4 Å². The number of aliphatic imine (C=N–C) groups is 2. The highest BCUT2D eigenvalue weighted by atomic mass is 16.5. The summed E-state index contributed by atoms with van der Waals surface area (Å²) in [6, 6.07) is 10.5. The number of ether oxygens (including phenoxy) is 1. The maximum Gasteiger partial charge on any atom is 0.255 e. The quantitative estimate of drug-likeness (QED) is 0.278. The van der Waals surface area contributed by atoms with Gasteiger partial charge in [0.05, 0.1) is 30.9 Å². The summed E-state index contributed by atoms with van der Waals surface area (Å²) in [5.74, 6) is -0.379. The average Bonchev–Trinajstić information content (AvgIpc) is 3.44. The van der Waals surface area contributed by atoms with Crippen LogP contribution in [0.3, 0.4) is 0 Å². The number of aliphatic hydroxyl groups is 1. The molecule has 2 amide bonds. The number of nitrogens with one attached hydrogen (secondary N) is 2. The summed E-state index contributed by atoms with van der Waals surface area (Å²) in [5, 5.41) is 27.6. The van der Waals surface area contributed by atoms with E-state index in [9.17, 15) is 19.9 Å². The Morgan fingerprint density at radius 3 is 2.56 bits per heavy atom. The van der Waals surface area contributed by atoms with Crippen LogP contribution in [0.1, 0.15) is 59.0 Å². The van der Waals surface area contributed by atoms with Crippen molar-refractivity contribution in [1.82, 2.24) is 20.6 Å². The number of benzene rings is 2. The van der Waals surface area contributed by atoms with Crippen molar-refractivity contribution in [1.29, 1.82) is 0 Å². The van der Waals surface area contributed by atoms with Gasteiger partial charge in [-0.25, -0.2) is 9.98 Å². The molecule has 0 bridgehead atoms. The predicted molar refractivity (Wildman–Crippen MR) is 159 cm³/mol. The van der Waals surface area contributed by atoms with Crippen molar-refractivity contribution >= 4 is 23.7 Å². The van der Waals surface area contributed by atoms with Gasteiger partial charge >= 0.3 is 0 Å². The fourth-order valence-corrected chi connectivity index (χ4v) is 6.92. The monoisotopic (exact) mass is 590 g/mol. The number of carbonyl (C=O) groups excluding carboxylic acids is 2. The van der Waals surface area contributed by atoms with Gasteiger partial charge < -0.3 is 36.8 Å². The molecule has 8 N–H and O–H groups in total. The minimum atomic E-state index is -1.22. The molecule has 1 spiro atoms. The molecule has 0 saturated carbocycles. The lowest BCUT2D eigenvalue weighted by Gasteiger charge is -2.49. The van der Waals surface area contributed by atoms with Crippen molar-refractivity contribution < 1.29 is 24.6 Å². The predicted octanol–water partition coefficient (Wildman–Crippen LogP) is 0.500. The first-order chi connectivity index (χ1) is 20.5. The molecule has 2 aromatic carbocycles. The fraction of sp³-hybridized carbons (Fsp3) is 0.467. The lowest BCUT2D eigenvalue weighted by atomic mass is 9.79. The van der Waals surface area contributed by atoms with Gasteiger partial charge in [-0.15, -0.1) is 0 Å². The number of hydroxylamine groups is 2. The second-order valence-corrected chi connectivity index (χ2v) is 12.3. The standard InChI is InChI=1S/C30H38N8O5/c1-16-22(34-26(41)19-5-4-6-20-23(19)43-12-11-29(20,2)3)14-37-27(31)35-21(24-30(16,37)38(42)28(32)36-24)13-33-25(40)18-9-7-17(15-39)8-10-18/h4-10,16,21-22,24,39,42H,11-15H2,1-3H3,(H2,31,35)(H2,32,36)(H,33,40)(H,34,41)/t16?,21?,22-,24?,30?/m0/s1. The summed E-state index contributed by atoms with van der Waals surface area (Å²) >= 11 is 0. The number of nitrogens with zero attached hydrogens (tertiary/aromatic N) is 4. The number of carbonyl (C=O) groups is 2. The van der Waals surface area contributed by atoms with E-state index in [1.54, 1.807) is 35.2 Å². The molecule has 6 rings (SSSR count). The van der Waals surface area contributed by atoms with Gasteiger partial charge in [-0.3, -0.25) is 14.8 Å². The Kier molecular flexibility index (Phi) is 6.97. The fourth-order valence-electron chi connectivity index (χ4n) is 6.92. The van der Waals surface area contributed by atoms with Crippen LogP contribution in [0.2, 0.25) is 0 Å². The first kappa shape index (κ1) is 28.7. The maximum absolute atomic E-state index is 13.7. The highest BCUT2D eigenvalue weighted by molar-refractivity contribution is 5.98. The Hall–Kier alpha value is -4.36. The Labute approximate surface area is 249 Å². The zero-order chi connectivity index (χ0) is 30.7. The molecule has 13 nitrogen and oxygen atoms in total. The van der Waals surface area contributed by atoms with Crippen LogP contribution in [0.4, 0.5) is 0 Å². The van der Waals surface area contributed by atoms with Crippen LogP contribution in [-0.4, -0.2) is 87.5 Å². The zero-order valence-corrected chi connectivity index (χ0v) is 24.4. The summed E-state index contributed by atoms with van der Waals surface area (Å²) in [5.41, 5.74) is 13.9. The van der Waals surface area contributed by atoms with E-state index in [-0.39, 0.29) is 48.8 Å². The average molecular weight is 591 g/mol. The van der Waals surface area contributed by atoms with E-state index in [4.69, 9.17) is 16.2 Å². The molecule has 1 saturated heterocycles. The van der Waals surface area contributed by atoms with Gasteiger partial charge in [0.2, 0.25) is 5.96 Å². The van der Waals surface area contributed by atoms with Gasteiger partial charge in [0.1, 0.15) is 11.8 Å². The molecule has 228 valence electrons. The molecule has 0 aliphatic carbocycles. The van der Waals surface area contributed by atoms with E-state index in [1.165, 1.54) is 0 Å². The van der Waals surface area contributed by atoms with Crippen LogP contribution in [0.25, 0.3) is 0 Å². The van der Waals surface area contributed by atoms with Crippen molar-refractivity contribution in [3.63, 3.8) is 0 Å². The Bertz CT molecular complexity index is 1510. The summed E-state index contributed by atoms with van der Waals surface area (Å²) in [6.07, 6.45) is 0.855. The molecule has 0 aromatic heterocycles.